The van der Waals surface area contributed by atoms with Crippen molar-refractivity contribution in [2.24, 2.45) is 11.8 Å². The molecule has 2 radical (unpaired) electrons. The Balaban J connectivity index is 1.89. The molecule has 2 aliphatic rings. The lowest BCUT2D eigenvalue weighted by Gasteiger charge is -2.19. The summed E-state index contributed by atoms with van der Waals surface area (Å²) in [4.78, 5) is 0. The second kappa shape index (κ2) is 6.64. The van der Waals surface area contributed by atoms with Gasteiger partial charge in [0.2, 0.25) is 0 Å². The Morgan fingerprint density at radius 1 is 1.05 bits per heavy atom. The minimum Gasteiger partial charge on any atom is -0.0808 e. The molecule has 0 amide bonds. The Hall–Kier alpha value is -1.30. The fourth-order valence-electron chi connectivity index (χ4n) is 3.89. The molecule has 21 heavy (non-hydrogen) atoms. The van der Waals surface area contributed by atoms with E-state index in [1.807, 2.05) is 0 Å². The maximum Gasteiger partial charge on any atom is -0.00117 e. The second-order valence-corrected chi connectivity index (χ2v) is 6.40. The summed E-state index contributed by atoms with van der Waals surface area (Å²) in [6.45, 7) is 4.57. The Morgan fingerprint density at radius 3 is 2.62 bits per heavy atom. The third-order valence-corrected chi connectivity index (χ3v) is 4.85. The van der Waals surface area contributed by atoms with Crippen molar-refractivity contribution < 1.29 is 0 Å². The zero-order valence-electron chi connectivity index (χ0n) is 13.3. The summed E-state index contributed by atoms with van der Waals surface area (Å²) in [6, 6.07) is 6.95. The van der Waals surface area contributed by atoms with Gasteiger partial charge in [0.05, 0.1) is 0 Å². The summed E-state index contributed by atoms with van der Waals surface area (Å²) in [5.41, 5.74) is 4.74. The van der Waals surface area contributed by atoms with E-state index in [0.29, 0.717) is 17.8 Å². The minimum atomic E-state index is 0.519. The zero-order chi connectivity index (χ0) is 14.7. The van der Waals surface area contributed by atoms with Crippen LogP contribution in [0.5, 0.6) is 0 Å². The van der Waals surface area contributed by atoms with Crippen LogP contribution in [0.25, 0.3) is 0 Å². The number of hydrogen-bond acceptors (Lipinski definition) is 0. The highest BCUT2D eigenvalue weighted by Crippen LogP contribution is 2.45. The van der Waals surface area contributed by atoms with Crippen molar-refractivity contribution in [3.8, 4) is 0 Å². The predicted octanol–water partition coefficient (Wildman–Crippen LogP) is 5.52. The summed E-state index contributed by atoms with van der Waals surface area (Å²) < 4.78 is 0. The molecule has 1 aromatic rings. The Bertz CT molecular complexity index is 515. The maximum atomic E-state index is 3.84. The van der Waals surface area contributed by atoms with E-state index in [4.69, 9.17) is 0 Å². The average Bonchev–Trinajstić information content (AvgIpc) is 2.93. The molecule has 0 heteroatoms. The molecule has 0 spiro atoms. The highest BCUT2D eigenvalue weighted by Gasteiger charge is 2.34. The molecule has 0 aliphatic heterocycles. The molecule has 0 N–H and O–H groups in total. The molecular formula is C21H26. The molecule has 0 bridgehead atoms. The third kappa shape index (κ3) is 3.00. The molecule has 3 unspecified atom stereocenters. The molecule has 1 fully saturated rings. The van der Waals surface area contributed by atoms with Gasteiger partial charge in [0.15, 0.2) is 0 Å². The normalized spacial score (nSPS) is 27.0. The maximum absolute atomic E-state index is 3.84. The Kier molecular flexibility index (Phi) is 4.63. The number of fused-ring (bicyclic) bond motifs is 1. The van der Waals surface area contributed by atoms with Crippen molar-refractivity contribution in [2.45, 2.75) is 51.9 Å². The van der Waals surface area contributed by atoms with Crippen LogP contribution in [0.4, 0.5) is 0 Å². The zero-order valence-corrected chi connectivity index (χ0v) is 13.3. The van der Waals surface area contributed by atoms with Crippen LogP contribution >= 0.6 is 0 Å². The molecule has 0 aromatic heterocycles. The number of allylic oxidation sites excluding steroid dienone is 4. The number of aryl methyl sites for hydroxylation is 1. The van der Waals surface area contributed by atoms with Crippen LogP contribution in [0, 0.1) is 18.3 Å². The standard InChI is InChI=1S/C21H26/c1-3-8-16-12-7-13-21(20(16)9-4-2)19-14-17-10-5-6-11-18(17)15-19/h5-7,10-13,17-19H,3-4,8-9,14H2,1-2H3. The van der Waals surface area contributed by atoms with E-state index in [1.165, 1.54) is 32.1 Å². The van der Waals surface area contributed by atoms with Crippen LogP contribution in [0.2, 0.25) is 0 Å². The van der Waals surface area contributed by atoms with E-state index in [2.05, 4.69) is 62.8 Å². The van der Waals surface area contributed by atoms with Crippen molar-refractivity contribution in [2.75, 3.05) is 0 Å². The van der Waals surface area contributed by atoms with Crippen molar-refractivity contribution in [3.63, 3.8) is 0 Å². The van der Waals surface area contributed by atoms with E-state index in [0.717, 1.165) is 0 Å². The Morgan fingerprint density at radius 2 is 1.86 bits per heavy atom. The van der Waals surface area contributed by atoms with Crippen LogP contribution in [0.1, 0.15) is 55.7 Å². The van der Waals surface area contributed by atoms with E-state index >= 15 is 0 Å². The number of benzene rings is 1. The van der Waals surface area contributed by atoms with E-state index in [-0.39, 0.29) is 0 Å². The van der Waals surface area contributed by atoms with Gasteiger partial charge >= 0.3 is 0 Å². The average molecular weight is 278 g/mol. The van der Waals surface area contributed by atoms with Crippen LogP contribution < -0.4 is 0 Å². The van der Waals surface area contributed by atoms with E-state index in [1.54, 1.807) is 16.7 Å². The van der Waals surface area contributed by atoms with E-state index in [9.17, 15) is 0 Å². The van der Waals surface area contributed by atoms with Crippen LogP contribution in [-0.2, 0) is 12.8 Å². The topological polar surface area (TPSA) is 0 Å². The summed E-state index contributed by atoms with van der Waals surface area (Å²) in [5, 5.41) is 0. The van der Waals surface area contributed by atoms with Gasteiger partial charge in [0, 0.05) is 0 Å². The lowest BCUT2D eigenvalue weighted by molar-refractivity contribution is 0.578. The first-order valence-electron chi connectivity index (χ1n) is 8.55. The van der Waals surface area contributed by atoms with Crippen LogP contribution in [0.15, 0.2) is 42.5 Å². The first kappa shape index (κ1) is 14.6. The summed E-state index contributed by atoms with van der Waals surface area (Å²) in [7, 11) is 0. The molecule has 3 rings (SSSR count). The third-order valence-electron chi connectivity index (χ3n) is 4.85. The van der Waals surface area contributed by atoms with Gasteiger partial charge in [-0.05, 0) is 60.1 Å². The molecule has 2 aliphatic carbocycles. The fraction of sp³-hybridized carbons (Fsp3) is 0.476. The minimum absolute atomic E-state index is 0.519. The molecule has 0 saturated heterocycles. The van der Waals surface area contributed by atoms with Crippen molar-refractivity contribution in [1.82, 2.24) is 0 Å². The molecule has 0 heterocycles. The lowest BCUT2D eigenvalue weighted by Crippen LogP contribution is -2.04. The smallest absolute Gasteiger partial charge is 0.00117 e. The van der Waals surface area contributed by atoms with Crippen molar-refractivity contribution >= 4 is 0 Å². The number of hydrogen-bond donors (Lipinski definition) is 0. The number of rotatable bonds is 5. The molecule has 0 nitrogen and oxygen atoms in total. The van der Waals surface area contributed by atoms with Gasteiger partial charge in [-0.15, -0.1) is 0 Å². The van der Waals surface area contributed by atoms with Gasteiger partial charge in [-0.3, -0.25) is 0 Å². The summed E-state index contributed by atoms with van der Waals surface area (Å²) in [5.74, 6) is 1.72. The Labute approximate surface area is 130 Å². The quantitative estimate of drug-likeness (QED) is 0.665. The summed E-state index contributed by atoms with van der Waals surface area (Å²) >= 11 is 0. The van der Waals surface area contributed by atoms with Gasteiger partial charge in [0.1, 0.15) is 0 Å². The largest absolute Gasteiger partial charge is 0.0808 e. The first-order valence-corrected chi connectivity index (χ1v) is 8.55. The summed E-state index contributed by atoms with van der Waals surface area (Å²) in [6.07, 6.45) is 19.0. The van der Waals surface area contributed by atoms with Crippen LogP contribution in [-0.4, -0.2) is 0 Å². The van der Waals surface area contributed by atoms with Crippen molar-refractivity contribution in [3.05, 3.63) is 65.6 Å². The monoisotopic (exact) mass is 278 g/mol. The van der Waals surface area contributed by atoms with E-state index < -0.39 is 0 Å². The van der Waals surface area contributed by atoms with Gasteiger partial charge in [0.25, 0.3) is 0 Å². The highest BCUT2D eigenvalue weighted by atomic mass is 14.4. The van der Waals surface area contributed by atoms with Crippen LogP contribution in [0.3, 0.4) is 0 Å². The molecule has 1 saturated carbocycles. The van der Waals surface area contributed by atoms with Gasteiger partial charge in [-0.2, -0.15) is 0 Å². The molecule has 110 valence electrons. The predicted molar refractivity (Wildman–Crippen MR) is 90.3 cm³/mol. The molecule has 3 atom stereocenters. The second-order valence-electron chi connectivity index (χ2n) is 6.40. The van der Waals surface area contributed by atoms with Gasteiger partial charge < -0.3 is 0 Å². The SMILES string of the molecule is CCCc1cccc(C2[C]C3C=CC=CC3C2)c1CCC. The molecular weight excluding hydrogens is 252 g/mol. The van der Waals surface area contributed by atoms with Gasteiger partial charge in [-0.25, -0.2) is 0 Å². The molecule has 1 aromatic carbocycles. The fourth-order valence-corrected chi connectivity index (χ4v) is 3.89. The van der Waals surface area contributed by atoms with Gasteiger partial charge in [-0.1, -0.05) is 69.2 Å². The first-order chi connectivity index (χ1) is 10.3. The lowest BCUT2D eigenvalue weighted by atomic mass is 9.86. The highest BCUT2D eigenvalue weighted by molar-refractivity contribution is 5.41. The van der Waals surface area contributed by atoms with Crippen molar-refractivity contribution in [1.29, 1.82) is 0 Å².